The first kappa shape index (κ1) is 20.1. The van der Waals surface area contributed by atoms with E-state index in [0.717, 1.165) is 0 Å². The molecule has 154 valence electrons. The van der Waals surface area contributed by atoms with E-state index < -0.39 is 17.7 Å². The number of ketones is 1. The van der Waals surface area contributed by atoms with E-state index in [0.29, 0.717) is 22.5 Å². The van der Waals surface area contributed by atoms with Crippen LogP contribution in [0, 0.1) is 0 Å². The number of aliphatic hydroxyl groups excluding tert-OH is 1. The lowest BCUT2D eigenvalue weighted by Crippen LogP contribution is -2.29. The van der Waals surface area contributed by atoms with Gasteiger partial charge in [-0.15, -0.1) is 0 Å². The smallest absolute Gasteiger partial charge is 0.300 e. The number of nitrogens with one attached hydrogen (secondary N) is 1. The highest BCUT2D eigenvalue weighted by molar-refractivity contribution is 6.51. The van der Waals surface area contributed by atoms with Crippen LogP contribution in [0.1, 0.15) is 24.1 Å². The molecule has 3 aromatic rings. The van der Waals surface area contributed by atoms with Crippen LogP contribution in [0.4, 0.5) is 11.4 Å². The number of aliphatic hydroxyl groups is 1. The predicted molar refractivity (Wildman–Crippen MR) is 118 cm³/mol. The maximum atomic E-state index is 13.1. The Morgan fingerprint density at radius 1 is 0.871 bits per heavy atom. The number of Topliss-reactive ketones (excluding diaryl/α,β-unsaturated/α-hetero) is 1. The van der Waals surface area contributed by atoms with E-state index in [9.17, 15) is 19.5 Å². The van der Waals surface area contributed by atoms with Crippen LogP contribution in [0.15, 0.2) is 90.5 Å². The van der Waals surface area contributed by atoms with Crippen LogP contribution in [-0.2, 0) is 14.4 Å². The van der Waals surface area contributed by atoms with E-state index in [2.05, 4.69) is 5.32 Å². The van der Waals surface area contributed by atoms with Gasteiger partial charge < -0.3 is 10.4 Å². The third kappa shape index (κ3) is 3.83. The normalized spacial score (nSPS) is 17.6. The van der Waals surface area contributed by atoms with E-state index in [1.54, 1.807) is 54.6 Å². The van der Waals surface area contributed by atoms with Gasteiger partial charge in [0, 0.05) is 23.9 Å². The van der Waals surface area contributed by atoms with Crippen molar-refractivity contribution in [3.05, 3.63) is 102 Å². The van der Waals surface area contributed by atoms with Gasteiger partial charge in [0.05, 0.1) is 11.6 Å². The number of carbonyl (C=O) groups excluding carboxylic acids is 3. The fraction of sp³-hybridized carbons (Fsp3) is 0.0800. The van der Waals surface area contributed by atoms with Gasteiger partial charge >= 0.3 is 0 Å². The maximum Gasteiger partial charge on any atom is 0.300 e. The number of benzene rings is 3. The lowest BCUT2D eigenvalue weighted by molar-refractivity contribution is -0.132. The number of amides is 2. The van der Waals surface area contributed by atoms with Crippen molar-refractivity contribution < 1.29 is 19.5 Å². The zero-order valence-corrected chi connectivity index (χ0v) is 16.8. The Hall–Kier alpha value is -4.19. The fourth-order valence-electron chi connectivity index (χ4n) is 3.71. The van der Waals surface area contributed by atoms with Crippen LogP contribution >= 0.6 is 0 Å². The summed E-state index contributed by atoms with van der Waals surface area (Å²) in [5.74, 6) is -1.90. The second-order valence-corrected chi connectivity index (χ2v) is 7.17. The molecule has 2 N–H and O–H groups in total. The van der Waals surface area contributed by atoms with Crippen molar-refractivity contribution in [2.45, 2.75) is 13.0 Å². The number of nitrogens with zero attached hydrogens (tertiary/aromatic N) is 1. The van der Waals surface area contributed by atoms with Crippen LogP contribution in [0.3, 0.4) is 0 Å². The molecular weight excluding hydrogens is 392 g/mol. The van der Waals surface area contributed by atoms with Crippen molar-refractivity contribution in [1.29, 1.82) is 0 Å². The van der Waals surface area contributed by atoms with Gasteiger partial charge in [-0.1, -0.05) is 60.7 Å². The average molecular weight is 412 g/mol. The van der Waals surface area contributed by atoms with Gasteiger partial charge in [0.2, 0.25) is 5.91 Å². The first-order valence-corrected chi connectivity index (χ1v) is 9.76. The third-order valence-corrected chi connectivity index (χ3v) is 5.07. The van der Waals surface area contributed by atoms with Crippen molar-refractivity contribution in [2.24, 2.45) is 0 Å². The van der Waals surface area contributed by atoms with Gasteiger partial charge in [-0.2, -0.15) is 0 Å². The van der Waals surface area contributed by atoms with Crippen molar-refractivity contribution in [2.75, 3.05) is 10.2 Å². The number of hydrogen-bond donors (Lipinski definition) is 2. The van der Waals surface area contributed by atoms with Crippen LogP contribution in [0.2, 0.25) is 0 Å². The molecule has 1 heterocycles. The monoisotopic (exact) mass is 412 g/mol. The number of anilines is 2. The summed E-state index contributed by atoms with van der Waals surface area (Å²) in [6, 6.07) is 23.7. The minimum absolute atomic E-state index is 0.0355. The Morgan fingerprint density at radius 3 is 2.03 bits per heavy atom. The average Bonchev–Trinajstić information content (AvgIpc) is 3.05. The third-order valence-electron chi connectivity index (χ3n) is 5.07. The summed E-state index contributed by atoms with van der Waals surface area (Å²) in [4.78, 5) is 38.8. The zero-order valence-electron chi connectivity index (χ0n) is 16.8. The molecule has 1 fully saturated rings. The van der Waals surface area contributed by atoms with E-state index in [1.807, 2.05) is 30.3 Å². The molecule has 4 rings (SSSR count). The lowest BCUT2D eigenvalue weighted by Gasteiger charge is -2.25. The molecule has 3 aromatic carbocycles. The topological polar surface area (TPSA) is 86.7 Å². The molecule has 1 atom stereocenters. The summed E-state index contributed by atoms with van der Waals surface area (Å²) < 4.78 is 0. The molecule has 1 saturated heterocycles. The number of carbonyl (C=O) groups is 3. The van der Waals surface area contributed by atoms with Crippen molar-refractivity contribution in [3.8, 4) is 0 Å². The quantitative estimate of drug-likeness (QED) is 0.381. The van der Waals surface area contributed by atoms with Crippen molar-refractivity contribution in [1.82, 2.24) is 0 Å². The van der Waals surface area contributed by atoms with Crippen molar-refractivity contribution in [3.63, 3.8) is 0 Å². The Kier molecular flexibility index (Phi) is 5.37. The molecular formula is C25H20N2O4. The van der Waals surface area contributed by atoms with Gasteiger partial charge in [0.15, 0.2) is 0 Å². The molecule has 0 radical (unpaired) electrons. The predicted octanol–water partition coefficient (Wildman–Crippen LogP) is 4.27. The van der Waals surface area contributed by atoms with E-state index >= 15 is 0 Å². The minimum Gasteiger partial charge on any atom is -0.507 e. The molecule has 2 amide bonds. The van der Waals surface area contributed by atoms with Crippen LogP contribution in [0.25, 0.3) is 5.76 Å². The van der Waals surface area contributed by atoms with Gasteiger partial charge in [0.1, 0.15) is 5.76 Å². The van der Waals surface area contributed by atoms with Crippen molar-refractivity contribution >= 4 is 34.7 Å². The molecule has 0 saturated carbocycles. The summed E-state index contributed by atoms with van der Waals surface area (Å²) in [6.07, 6.45) is 0. The second kappa shape index (κ2) is 8.28. The maximum absolute atomic E-state index is 13.1. The van der Waals surface area contributed by atoms with Crippen LogP contribution in [0.5, 0.6) is 0 Å². The molecule has 0 aliphatic carbocycles. The molecule has 0 spiro atoms. The zero-order chi connectivity index (χ0) is 22.0. The molecule has 0 aromatic heterocycles. The molecule has 0 bridgehead atoms. The van der Waals surface area contributed by atoms with Gasteiger partial charge in [-0.25, -0.2) is 0 Å². The number of rotatable bonds is 4. The SMILES string of the molecule is CC(=O)Nc1ccc(N2C(=O)C(=O)/C(=C(/O)c3ccccc3)[C@H]2c2ccccc2)cc1. The van der Waals surface area contributed by atoms with Crippen LogP contribution < -0.4 is 10.2 Å². The molecule has 1 aliphatic heterocycles. The Labute approximate surface area is 179 Å². The first-order valence-electron chi connectivity index (χ1n) is 9.76. The highest BCUT2D eigenvalue weighted by Crippen LogP contribution is 2.42. The van der Waals surface area contributed by atoms with Gasteiger partial charge in [-0.05, 0) is 29.8 Å². The van der Waals surface area contributed by atoms with Gasteiger partial charge in [0.25, 0.3) is 11.7 Å². The summed E-state index contributed by atoms with van der Waals surface area (Å²) in [7, 11) is 0. The molecule has 6 nitrogen and oxygen atoms in total. The lowest BCUT2D eigenvalue weighted by atomic mass is 9.95. The first-order chi connectivity index (χ1) is 15.0. The summed E-state index contributed by atoms with van der Waals surface area (Å²) in [6.45, 7) is 1.41. The largest absolute Gasteiger partial charge is 0.507 e. The second-order valence-electron chi connectivity index (χ2n) is 7.17. The summed E-state index contributed by atoms with van der Waals surface area (Å²) >= 11 is 0. The Bertz CT molecular complexity index is 1170. The van der Waals surface area contributed by atoms with Crippen LogP contribution in [-0.4, -0.2) is 22.7 Å². The molecule has 1 aliphatic rings. The van der Waals surface area contributed by atoms with E-state index in [-0.39, 0.29) is 17.2 Å². The Balaban J connectivity index is 1.86. The molecule has 0 unspecified atom stereocenters. The highest BCUT2D eigenvalue weighted by atomic mass is 16.3. The standard InChI is InChI=1S/C25H20N2O4/c1-16(28)26-19-12-14-20(15-13-19)27-22(17-8-4-2-5-9-17)21(24(30)25(27)31)23(29)18-10-6-3-7-11-18/h2-15,22,29H,1H3,(H,26,28)/b23-21+/t22-/m1/s1. The molecule has 31 heavy (non-hydrogen) atoms. The summed E-state index contributed by atoms with van der Waals surface area (Å²) in [5, 5.41) is 13.7. The minimum atomic E-state index is -0.784. The summed E-state index contributed by atoms with van der Waals surface area (Å²) in [5.41, 5.74) is 2.26. The Morgan fingerprint density at radius 2 is 1.45 bits per heavy atom. The van der Waals surface area contributed by atoms with E-state index in [4.69, 9.17) is 0 Å². The number of hydrogen-bond acceptors (Lipinski definition) is 4. The van der Waals surface area contributed by atoms with E-state index in [1.165, 1.54) is 11.8 Å². The molecule has 6 heteroatoms. The highest BCUT2D eigenvalue weighted by Gasteiger charge is 2.46. The fourth-order valence-corrected chi connectivity index (χ4v) is 3.71. The van der Waals surface area contributed by atoms with Gasteiger partial charge in [-0.3, -0.25) is 19.3 Å².